The van der Waals surface area contributed by atoms with Gasteiger partial charge in [0, 0.05) is 13.1 Å². The van der Waals surface area contributed by atoms with Crippen LogP contribution in [0.3, 0.4) is 0 Å². The molecule has 0 aliphatic rings. The summed E-state index contributed by atoms with van der Waals surface area (Å²) in [6.45, 7) is 11.3. The fourth-order valence-electron chi connectivity index (χ4n) is 5.27. The van der Waals surface area contributed by atoms with Crippen molar-refractivity contribution in [2.45, 2.75) is 129 Å². The van der Waals surface area contributed by atoms with Gasteiger partial charge in [-0.05, 0) is 50.4 Å². The topological polar surface area (TPSA) is 387 Å². The molecular weight excluding hydrogens is 746 g/mol. The molecule has 0 saturated heterocycles. The second-order valence-corrected chi connectivity index (χ2v) is 14.4. The maximum Gasteiger partial charge on any atom is 0.328 e. The number of carbonyl (C=O) groups is 7. The third-order valence-corrected chi connectivity index (χ3v) is 9.20. The molecule has 0 heterocycles. The Morgan fingerprint density at radius 2 is 1.04 bits per heavy atom. The Morgan fingerprint density at radius 3 is 1.49 bits per heavy atom. The Labute approximate surface area is 334 Å². The standard InChI is InChI=1S/C35H67N13O9/c1-8-18(5)25(46-28(51)21(36)12-10-14-41-34(37)38)30(53)43-16-23(50)44-22(13-11-15-42-35(39)40)29(52)47-26(19(6)9-2)32(55)45-24(17(3)4)31(54)48-27(20(7)49)33(56)57/h17-22,24-27,49H,8-16,36H2,1-7H3,(H,43,53)(H,44,50)(H,45,55)(H,46,51)(H,47,52)(H,48,54)(H,56,57)(H4,37,38,41)(H4,39,40,42). The summed E-state index contributed by atoms with van der Waals surface area (Å²) in [7, 11) is 0. The molecule has 22 nitrogen and oxygen atoms in total. The fourth-order valence-corrected chi connectivity index (χ4v) is 5.27. The molecule has 9 atom stereocenters. The van der Waals surface area contributed by atoms with Gasteiger partial charge in [-0.1, -0.05) is 54.4 Å². The largest absolute Gasteiger partial charge is 0.480 e. The lowest BCUT2D eigenvalue weighted by Gasteiger charge is -2.30. The van der Waals surface area contributed by atoms with Crippen LogP contribution in [0, 0.1) is 17.8 Å². The van der Waals surface area contributed by atoms with Crippen molar-refractivity contribution >= 4 is 53.3 Å². The fraction of sp³-hybridized carbons (Fsp3) is 0.743. The summed E-state index contributed by atoms with van der Waals surface area (Å²) in [6, 6.07) is -7.31. The summed E-state index contributed by atoms with van der Waals surface area (Å²) >= 11 is 0. The molecule has 57 heavy (non-hydrogen) atoms. The van der Waals surface area contributed by atoms with E-state index in [2.05, 4.69) is 41.9 Å². The van der Waals surface area contributed by atoms with Crippen molar-refractivity contribution < 1.29 is 43.8 Å². The number of aliphatic hydroxyl groups excluding tert-OH is 1. The van der Waals surface area contributed by atoms with Crippen molar-refractivity contribution in [3.63, 3.8) is 0 Å². The van der Waals surface area contributed by atoms with Crippen molar-refractivity contribution in [3.8, 4) is 0 Å². The Morgan fingerprint density at radius 1 is 0.596 bits per heavy atom. The number of aliphatic imine (C=N–C) groups is 2. The average Bonchev–Trinajstić information content (AvgIpc) is 3.13. The number of nitrogens with zero attached hydrogens (tertiary/aromatic N) is 2. The van der Waals surface area contributed by atoms with Gasteiger partial charge >= 0.3 is 5.97 Å². The van der Waals surface area contributed by atoms with Crippen LogP contribution in [-0.4, -0.2) is 126 Å². The molecule has 0 saturated carbocycles. The van der Waals surface area contributed by atoms with Crippen molar-refractivity contribution in [1.82, 2.24) is 31.9 Å². The summed E-state index contributed by atoms with van der Waals surface area (Å²) < 4.78 is 0. The molecule has 0 aliphatic heterocycles. The Hall–Kier alpha value is -5.25. The van der Waals surface area contributed by atoms with Gasteiger partial charge in [0.1, 0.15) is 24.2 Å². The van der Waals surface area contributed by atoms with E-state index in [4.69, 9.17) is 28.7 Å². The molecule has 0 aromatic carbocycles. The number of carboxylic acids is 1. The molecule has 0 spiro atoms. The van der Waals surface area contributed by atoms with Crippen molar-refractivity contribution in [3.05, 3.63) is 0 Å². The lowest BCUT2D eigenvalue weighted by atomic mass is 9.95. The lowest BCUT2D eigenvalue weighted by molar-refractivity contribution is -0.145. The van der Waals surface area contributed by atoms with Gasteiger partial charge in [-0.2, -0.15) is 0 Å². The number of aliphatic carboxylic acids is 1. The van der Waals surface area contributed by atoms with Crippen LogP contribution < -0.4 is 60.6 Å². The van der Waals surface area contributed by atoms with E-state index in [9.17, 15) is 43.8 Å². The highest BCUT2D eigenvalue weighted by atomic mass is 16.4. The quantitative estimate of drug-likeness (QED) is 0.0215. The van der Waals surface area contributed by atoms with Gasteiger partial charge in [0.25, 0.3) is 0 Å². The number of hydrogen-bond donors (Lipinski definition) is 13. The zero-order valence-electron chi connectivity index (χ0n) is 34.2. The normalized spacial score (nSPS) is 15.8. The lowest BCUT2D eigenvalue weighted by Crippen LogP contribution is -2.61. The van der Waals surface area contributed by atoms with Crippen LogP contribution in [0.2, 0.25) is 0 Å². The maximum absolute atomic E-state index is 13.7. The summed E-state index contributed by atoms with van der Waals surface area (Å²) in [4.78, 5) is 99.1. The van der Waals surface area contributed by atoms with Gasteiger partial charge in [-0.3, -0.25) is 38.8 Å². The number of guanidine groups is 2. The van der Waals surface area contributed by atoms with Crippen molar-refractivity contribution in [1.29, 1.82) is 0 Å². The third kappa shape index (κ3) is 20.0. The number of amides is 6. The molecule has 0 rings (SSSR count). The molecular formula is C35H67N13O9. The SMILES string of the molecule is CCC(C)C(NC(=O)C(N)CCCN=C(N)N)C(=O)NCC(=O)NC(CCCN=C(N)N)C(=O)NC(C(=O)NC(C(=O)NC(C(=O)O)C(C)O)C(C)C)C(C)CC. The molecule has 9 unspecified atom stereocenters. The zero-order chi connectivity index (χ0) is 44.0. The number of aliphatic hydroxyl groups is 1. The second-order valence-electron chi connectivity index (χ2n) is 14.4. The zero-order valence-corrected chi connectivity index (χ0v) is 34.2. The third-order valence-electron chi connectivity index (χ3n) is 9.20. The van der Waals surface area contributed by atoms with E-state index in [1.54, 1.807) is 34.6 Å². The summed E-state index contributed by atoms with van der Waals surface area (Å²) in [5.41, 5.74) is 27.5. The molecule has 0 fully saturated rings. The molecule has 6 amide bonds. The Bertz CT molecular complexity index is 1400. The van der Waals surface area contributed by atoms with E-state index >= 15 is 0 Å². The molecule has 18 N–H and O–H groups in total. The molecule has 0 aromatic heterocycles. The predicted octanol–water partition coefficient (Wildman–Crippen LogP) is -3.83. The minimum absolute atomic E-state index is 0.0106. The van der Waals surface area contributed by atoms with Gasteiger partial charge in [0.05, 0.1) is 18.7 Å². The monoisotopic (exact) mass is 814 g/mol. The number of rotatable bonds is 27. The van der Waals surface area contributed by atoms with E-state index in [1.807, 2.05) is 6.92 Å². The molecule has 0 aromatic rings. The van der Waals surface area contributed by atoms with Gasteiger partial charge in [0.2, 0.25) is 35.4 Å². The van der Waals surface area contributed by atoms with Crippen LogP contribution >= 0.6 is 0 Å². The van der Waals surface area contributed by atoms with E-state index in [1.165, 1.54) is 6.92 Å². The number of nitrogens with one attached hydrogen (secondary N) is 6. The minimum atomic E-state index is -1.63. The molecule has 22 heteroatoms. The van der Waals surface area contributed by atoms with Crippen LogP contribution in [-0.2, 0) is 33.6 Å². The molecule has 326 valence electrons. The Kier molecular flexibility index (Phi) is 24.1. The summed E-state index contributed by atoms with van der Waals surface area (Å²) in [6.07, 6.45) is 0.380. The van der Waals surface area contributed by atoms with Crippen LogP contribution in [0.1, 0.15) is 87.0 Å². The van der Waals surface area contributed by atoms with E-state index in [-0.39, 0.29) is 50.2 Å². The molecule has 0 aliphatic carbocycles. The first-order valence-electron chi connectivity index (χ1n) is 19.1. The predicted molar refractivity (Wildman–Crippen MR) is 214 cm³/mol. The first-order chi connectivity index (χ1) is 26.6. The summed E-state index contributed by atoms with van der Waals surface area (Å²) in [5, 5.41) is 34.4. The van der Waals surface area contributed by atoms with E-state index < -0.39 is 102 Å². The van der Waals surface area contributed by atoms with Gasteiger partial charge in [-0.15, -0.1) is 0 Å². The Balaban J connectivity index is 6.01. The molecule has 0 bridgehead atoms. The summed E-state index contributed by atoms with van der Waals surface area (Å²) in [5.74, 6) is -7.46. The van der Waals surface area contributed by atoms with Crippen LogP contribution in [0.25, 0.3) is 0 Å². The second kappa shape index (κ2) is 26.6. The average molecular weight is 814 g/mol. The van der Waals surface area contributed by atoms with Crippen LogP contribution in [0.4, 0.5) is 0 Å². The van der Waals surface area contributed by atoms with E-state index in [0.29, 0.717) is 19.3 Å². The van der Waals surface area contributed by atoms with E-state index in [0.717, 1.165) is 0 Å². The van der Waals surface area contributed by atoms with Crippen molar-refractivity contribution in [2.24, 2.45) is 56.4 Å². The van der Waals surface area contributed by atoms with Gasteiger partial charge in [-0.25, -0.2) is 4.79 Å². The van der Waals surface area contributed by atoms with Crippen LogP contribution in [0.5, 0.6) is 0 Å². The maximum atomic E-state index is 13.7. The smallest absolute Gasteiger partial charge is 0.328 e. The minimum Gasteiger partial charge on any atom is -0.480 e. The highest BCUT2D eigenvalue weighted by molar-refractivity contribution is 5.96. The van der Waals surface area contributed by atoms with Crippen LogP contribution in [0.15, 0.2) is 9.98 Å². The van der Waals surface area contributed by atoms with Gasteiger partial charge in [0.15, 0.2) is 18.0 Å². The molecule has 0 radical (unpaired) electrons. The highest BCUT2D eigenvalue weighted by Crippen LogP contribution is 2.13. The van der Waals surface area contributed by atoms with Gasteiger partial charge < -0.3 is 70.8 Å². The first-order valence-corrected chi connectivity index (χ1v) is 19.1. The highest BCUT2D eigenvalue weighted by Gasteiger charge is 2.35. The number of carboxylic acid groups (broad SMARTS) is 1. The number of nitrogens with two attached hydrogens (primary N) is 5. The number of carbonyl (C=O) groups excluding carboxylic acids is 6. The van der Waals surface area contributed by atoms with Crippen molar-refractivity contribution in [2.75, 3.05) is 19.6 Å². The number of hydrogen-bond acceptors (Lipinski definition) is 11. The first kappa shape index (κ1) is 51.8.